The third-order valence-corrected chi connectivity index (χ3v) is 3.46. The second-order valence-electron chi connectivity index (χ2n) is 5.10. The summed E-state index contributed by atoms with van der Waals surface area (Å²) in [5.41, 5.74) is 8.62. The minimum Gasteiger partial charge on any atom is -0.397 e. The van der Waals surface area contributed by atoms with Gasteiger partial charge in [-0.25, -0.2) is 0 Å². The maximum atomic E-state index is 5.94. The summed E-state index contributed by atoms with van der Waals surface area (Å²) < 4.78 is 0. The van der Waals surface area contributed by atoms with E-state index in [4.69, 9.17) is 5.73 Å². The van der Waals surface area contributed by atoms with Crippen LogP contribution in [0.5, 0.6) is 0 Å². The summed E-state index contributed by atoms with van der Waals surface area (Å²) in [6.07, 6.45) is 1.77. The van der Waals surface area contributed by atoms with E-state index in [1.165, 1.54) is 0 Å². The van der Waals surface area contributed by atoms with Crippen LogP contribution in [-0.4, -0.2) is 36.1 Å². The summed E-state index contributed by atoms with van der Waals surface area (Å²) in [6, 6.07) is 8.48. The van der Waals surface area contributed by atoms with Crippen molar-refractivity contribution in [1.29, 1.82) is 0 Å². The highest BCUT2D eigenvalue weighted by molar-refractivity contribution is 5.98. The van der Waals surface area contributed by atoms with Gasteiger partial charge in [-0.15, -0.1) is 0 Å². The van der Waals surface area contributed by atoms with Gasteiger partial charge in [0.1, 0.15) is 0 Å². The molecule has 2 rings (SSSR count). The van der Waals surface area contributed by atoms with E-state index in [1.807, 2.05) is 24.3 Å². The number of likely N-dealkylation sites (N-methyl/N-ethyl adjacent to an activating group) is 1. The number of aromatic nitrogens is 1. The van der Waals surface area contributed by atoms with Crippen LogP contribution in [0.2, 0.25) is 0 Å². The van der Waals surface area contributed by atoms with E-state index in [0.717, 1.165) is 35.4 Å². The monoisotopic (exact) mass is 258 g/mol. The second kappa shape index (κ2) is 5.89. The summed E-state index contributed by atoms with van der Waals surface area (Å²) in [5, 5.41) is 4.54. The highest BCUT2D eigenvalue weighted by Crippen LogP contribution is 2.26. The quantitative estimate of drug-likeness (QED) is 0.809. The van der Waals surface area contributed by atoms with Gasteiger partial charge in [-0.2, -0.15) is 0 Å². The number of hydrogen-bond acceptors (Lipinski definition) is 4. The van der Waals surface area contributed by atoms with Crippen molar-refractivity contribution in [2.24, 2.45) is 0 Å². The lowest BCUT2D eigenvalue weighted by Crippen LogP contribution is -2.31. The molecule has 0 unspecified atom stereocenters. The van der Waals surface area contributed by atoms with Crippen molar-refractivity contribution in [3.05, 3.63) is 30.5 Å². The van der Waals surface area contributed by atoms with E-state index in [-0.39, 0.29) is 0 Å². The SMILES string of the molecule is CC(C)N(C)CCNc1ccc(N)c2ncccc12. The maximum absolute atomic E-state index is 5.94. The summed E-state index contributed by atoms with van der Waals surface area (Å²) in [6.45, 7) is 6.30. The molecule has 0 fully saturated rings. The minimum atomic E-state index is 0.562. The molecule has 0 saturated carbocycles. The zero-order valence-corrected chi connectivity index (χ0v) is 11.9. The van der Waals surface area contributed by atoms with Crippen molar-refractivity contribution in [2.45, 2.75) is 19.9 Å². The van der Waals surface area contributed by atoms with Crippen LogP contribution in [-0.2, 0) is 0 Å². The number of pyridine rings is 1. The second-order valence-corrected chi connectivity index (χ2v) is 5.10. The third-order valence-electron chi connectivity index (χ3n) is 3.46. The summed E-state index contributed by atoms with van der Waals surface area (Å²) in [4.78, 5) is 6.65. The molecule has 4 nitrogen and oxygen atoms in total. The Kier molecular flexibility index (Phi) is 4.22. The van der Waals surface area contributed by atoms with Crippen LogP contribution in [0.3, 0.4) is 0 Å². The summed E-state index contributed by atoms with van der Waals surface area (Å²) in [7, 11) is 2.13. The van der Waals surface area contributed by atoms with Crippen LogP contribution in [0.4, 0.5) is 11.4 Å². The van der Waals surface area contributed by atoms with Gasteiger partial charge in [0, 0.05) is 36.4 Å². The first-order chi connectivity index (χ1) is 9.09. The van der Waals surface area contributed by atoms with Crippen molar-refractivity contribution < 1.29 is 0 Å². The Labute approximate surface area is 114 Å². The number of fused-ring (bicyclic) bond motifs is 1. The number of benzene rings is 1. The first-order valence-electron chi connectivity index (χ1n) is 6.67. The molecule has 0 aliphatic carbocycles. The minimum absolute atomic E-state index is 0.562. The predicted molar refractivity (Wildman–Crippen MR) is 82.4 cm³/mol. The Morgan fingerprint density at radius 1 is 1.32 bits per heavy atom. The van der Waals surface area contributed by atoms with E-state index in [9.17, 15) is 0 Å². The van der Waals surface area contributed by atoms with Crippen LogP contribution in [0, 0.1) is 0 Å². The molecule has 102 valence electrons. The first kappa shape index (κ1) is 13.6. The molecular weight excluding hydrogens is 236 g/mol. The van der Waals surface area contributed by atoms with Gasteiger partial charge in [0.05, 0.1) is 11.2 Å². The predicted octanol–water partition coefficient (Wildman–Crippen LogP) is 2.57. The van der Waals surface area contributed by atoms with Crippen molar-refractivity contribution in [3.8, 4) is 0 Å². The number of rotatable bonds is 5. The molecule has 1 heterocycles. The Hall–Kier alpha value is -1.81. The Balaban J connectivity index is 2.11. The molecule has 3 N–H and O–H groups in total. The van der Waals surface area contributed by atoms with E-state index in [1.54, 1.807) is 6.20 Å². The molecule has 0 radical (unpaired) electrons. The van der Waals surface area contributed by atoms with Gasteiger partial charge >= 0.3 is 0 Å². The van der Waals surface area contributed by atoms with Crippen molar-refractivity contribution in [1.82, 2.24) is 9.88 Å². The molecule has 1 aromatic carbocycles. The molecule has 0 saturated heterocycles. The molecule has 0 aliphatic rings. The van der Waals surface area contributed by atoms with Gasteiger partial charge in [0.25, 0.3) is 0 Å². The van der Waals surface area contributed by atoms with Crippen molar-refractivity contribution in [3.63, 3.8) is 0 Å². The van der Waals surface area contributed by atoms with E-state index >= 15 is 0 Å². The van der Waals surface area contributed by atoms with E-state index in [2.05, 4.69) is 36.1 Å². The normalized spacial score (nSPS) is 11.4. The fourth-order valence-corrected chi connectivity index (χ4v) is 1.97. The highest BCUT2D eigenvalue weighted by atomic mass is 15.1. The number of hydrogen-bond donors (Lipinski definition) is 2. The molecule has 19 heavy (non-hydrogen) atoms. The van der Waals surface area contributed by atoms with Gasteiger partial charge in [-0.3, -0.25) is 4.98 Å². The molecule has 1 aromatic heterocycles. The van der Waals surface area contributed by atoms with Crippen LogP contribution < -0.4 is 11.1 Å². The number of nitrogens with zero attached hydrogens (tertiary/aromatic N) is 2. The fourth-order valence-electron chi connectivity index (χ4n) is 1.97. The number of anilines is 2. The zero-order chi connectivity index (χ0) is 13.8. The lowest BCUT2D eigenvalue weighted by atomic mass is 10.1. The lowest BCUT2D eigenvalue weighted by Gasteiger charge is -2.21. The van der Waals surface area contributed by atoms with Crippen LogP contribution in [0.25, 0.3) is 10.9 Å². The van der Waals surface area contributed by atoms with Crippen LogP contribution in [0.1, 0.15) is 13.8 Å². The van der Waals surface area contributed by atoms with Gasteiger partial charge in [-0.05, 0) is 45.2 Å². The zero-order valence-electron chi connectivity index (χ0n) is 11.9. The first-order valence-corrected chi connectivity index (χ1v) is 6.67. The Morgan fingerprint density at radius 3 is 2.84 bits per heavy atom. The van der Waals surface area contributed by atoms with Crippen LogP contribution >= 0.6 is 0 Å². The van der Waals surface area contributed by atoms with Crippen LogP contribution in [0.15, 0.2) is 30.5 Å². The van der Waals surface area contributed by atoms with Gasteiger partial charge in [-0.1, -0.05) is 0 Å². The van der Waals surface area contributed by atoms with E-state index in [0.29, 0.717) is 6.04 Å². The molecular formula is C15H22N4. The Bertz CT molecular complexity index is 551. The van der Waals surface area contributed by atoms with E-state index < -0.39 is 0 Å². The third kappa shape index (κ3) is 3.15. The Morgan fingerprint density at radius 2 is 2.11 bits per heavy atom. The average molecular weight is 258 g/mol. The molecule has 0 atom stereocenters. The summed E-state index contributed by atoms with van der Waals surface area (Å²) in [5.74, 6) is 0. The molecule has 2 aromatic rings. The molecule has 4 heteroatoms. The number of nitrogens with two attached hydrogens (primary N) is 1. The highest BCUT2D eigenvalue weighted by Gasteiger charge is 2.06. The average Bonchev–Trinajstić information content (AvgIpc) is 2.41. The summed E-state index contributed by atoms with van der Waals surface area (Å²) >= 11 is 0. The molecule has 0 aliphatic heterocycles. The van der Waals surface area contributed by atoms with Gasteiger partial charge < -0.3 is 16.0 Å². The molecule has 0 bridgehead atoms. The maximum Gasteiger partial charge on any atom is 0.0951 e. The molecule has 0 amide bonds. The smallest absolute Gasteiger partial charge is 0.0951 e. The molecule has 0 spiro atoms. The van der Waals surface area contributed by atoms with Gasteiger partial charge in [0.2, 0.25) is 0 Å². The van der Waals surface area contributed by atoms with Crippen molar-refractivity contribution in [2.75, 3.05) is 31.2 Å². The fraction of sp³-hybridized carbons (Fsp3) is 0.400. The lowest BCUT2D eigenvalue weighted by molar-refractivity contribution is 0.284. The topological polar surface area (TPSA) is 54.2 Å². The number of nitrogens with one attached hydrogen (secondary N) is 1. The largest absolute Gasteiger partial charge is 0.397 e. The number of nitrogen functional groups attached to an aromatic ring is 1. The van der Waals surface area contributed by atoms with Crippen molar-refractivity contribution >= 4 is 22.3 Å². The van der Waals surface area contributed by atoms with Gasteiger partial charge in [0.15, 0.2) is 0 Å². The standard InChI is InChI=1S/C15H22N4/c1-11(2)19(3)10-9-17-14-7-6-13(16)15-12(14)5-4-8-18-15/h4-8,11,17H,9-10,16H2,1-3H3.